The van der Waals surface area contributed by atoms with Gasteiger partial charge >= 0.3 is 0 Å². The van der Waals surface area contributed by atoms with E-state index in [9.17, 15) is 4.79 Å². The first kappa shape index (κ1) is 12.6. The number of aromatic nitrogens is 1. The summed E-state index contributed by atoms with van der Waals surface area (Å²) in [5.41, 5.74) is 7.37. The van der Waals surface area contributed by atoms with Gasteiger partial charge in [0, 0.05) is 16.2 Å². The average Bonchev–Trinajstić information content (AvgIpc) is 2.75. The Morgan fingerprint density at radius 2 is 2.28 bits per heavy atom. The summed E-state index contributed by atoms with van der Waals surface area (Å²) >= 11 is 3.31. The quantitative estimate of drug-likeness (QED) is 0.852. The van der Waals surface area contributed by atoms with Gasteiger partial charge in [-0.3, -0.25) is 4.79 Å². The maximum Gasteiger partial charge on any atom is 0.252 e. The molecule has 2 aromatic rings. The maximum absolute atomic E-state index is 11.9. The third-order valence-electron chi connectivity index (χ3n) is 2.34. The number of hydrogen-bond acceptors (Lipinski definition) is 4. The van der Waals surface area contributed by atoms with Crippen LogP contribution in [0.2, 0.25) is 0 Å². The summed E-state index contributed by atoms with van der Waals surface area (Å²) in [6.07, 6.45) is 0. The highest BCUT2D eigenvalue weighted by Crippen LogP contribution is 2.19. The summed E-state index contributed by atoms with van der Waals surface area (Å²) in [6, 6.07) is 6.86. The number of hydrogen-bond donors (Lipinski definition) is 2. The maximum atomic E-state index is 11.9. The minimum absolute atomic E-state index is 0.213. The molecule has 1 amide bonds. The molecule has 0 spiro atoms. The summed E-state index contributed by atoms with van der Waals surface area (Å²) in [5.74, 6) is 0.499. The standard InChI is InChI=1S/C12H12BrN3O2/c1-7-4-9(16-18-7)6-15-12(17)10-5-8(14)2-3-11(10)13/h2-5H,6,14H2,1H3,(H,15,17). The molecule has 0 atom stereocenters. The minimum Gasteiger partial charge on any atom is -0.399 e. The van der Waals surface area contributed by atoms with Crippen LogP contribution in [0.5, 0.6) is 0 Å². The normalized spacial score (nSPS) is 10.3. The van der Waals surface area contributed by atoms with E-state index in [1.165, 1.54) is 0 Å². The first-order valence-electron chi connectivity index (χ1n) is 5.31. The fourth-order valence-electron chi connectivity index (χ4n) is 1.48. The molecule has 0 bridgehead atoms. The Labute approximate surface area is 112 Å². The molecule has 94 valence electrons. The molecule has 6 heteroatoms. The fourth-order valence-corrected chi connectivity index (χ4v) is 1.91. The van der Waals surface area contributed by atoms with E-state index in [0.29, 0.717) is 33.7 Å². The zero-order valence-electron chi connectivity index (χ0n) is 9.74. The van der Waals surface area contributed by atoms with Crippen LogP contribution in [0.15, 0.2) is 33.3 Å². The van der Waals surface area contributed by atoms with Crippen molar-refractivity contribution in [2.75, 3.05) is 5.73 Å². The number of anilines is 1. The van der Waals surface area contributed by atoms with Crippen molar-refractivity contribution in [2.24, 2.45) is 0 Å². The molecule has 0 saturated carbocycles. The fraction of sp³-hybridized carbons (Fsp3) is 0.167. The molecule has 0 radical (unpaired) electrons. The second kappa shape index (κ2) is 5.22. The van der Waals surface area contributed by atoms with Crippen molar-refractivity contribution in [2.45, 2.75) is 13.5 Å². The van der Waals surface area contributed by atoms with Crippen LogP contribution in [0, 0.1) is 6.92 Å². The van der Waals surface area contributed by atoms with Gasteiger partial charge in [0.1, 0.15) is 11.5 Å². The molecule has 3 N–H and O–H groups in total. The second-order valence-corrected chi connectivity index (χ2v) is 4.71. The van der Waals surface area contributed by atoms with Gasteiger partial charge in [0.15, 0.2) is 0 Å². The van der Waals surface area contributed by atoms with Gasteiger partial charge in [-0.05, 0) is 41.1 Å². The number of amides is 1. The Bertz CT molecular complexity index is 580. The largest absolute Gasteiger partial charge is 0.399 e. The first-order chi connectivity index (χ1) is 8.56. The molecule has 1 aromatic carbocycles. The zero-order valence-corrected chi connectivity index (χ0v) is 11.3. The lowest BCUT2D eigenvalue weighted by atomic mass is 10.2. The Hall–Kier alpha value is -1.82. The molecule has 0 fully saturated rings. The average molecular weight is 310 g/mol. The van der Waals surface area contributed by atoms with Crippen LogP contribution in [0.25, 0.3) is 0 Å². The Morgan fingerprint density at radius 3 is 2.94 bits per heavy atom. The molecule has 0 aliphatic heterocycles. The number of nitrogens with zero attached hydrogens (tertiary/aromatic N) is 1. The number of carbonyl (C=O) groups is 1. The van der Waals surface area contributed by atoms with E-state index >= 15 is 0 Å². The molecule has 2 rings (SSSR count). The number of carbonyl (C=O) groups excluding carboxylic acids is 1. The molecule has 0 unspecified atom stereocenters. The van der Waals surface area contributed by atoms with Crippen LogP contribution < -0.4 is 11.1 Å². The molecule has 0 aliphatic carbocycles. The van der Waals surface area contributed by atoms with E-state index in [1.54, 1.807) is 31.2 Å². The van der Waals surface area contributed by atoms with Crippen molar-refractivity contribution in [3.05, 3.63) is 45.8 Å². The van der Waals surface area contributed by atoms with Crippen molar-refractivity contribution in [3.8, 4) is 0 Å². The SMILES string of the molecule is Cc1cc(CNC(=O)c2cc(N)ccc2Br)no1. The first-order valence-corrected chi connectivity index (χ1v) is 6.11. The van der Waals surface area contributed by atoms with Crippen molar-refractivity contribution in [1.82, 2.24) is 10.5 Å². The zero-order chi connectivity index (χ0) is 13.1. The van der Waals surface area contributed by atoms with Gasteiger partial charge in [0.05, 0.1) is 12.1 Å². The monoisotopic (exact) mass is 309 g/mol. The predicted molar refractivity (Wildman–Crippen MR) is 71.0 cm³/mol. The van der Waals surface area contributed by atoms with Crippen LogP contribution >= 0.6 is 15.9 Å². The molecular formula is C12H12BrN3O2. The van der Waals surface area contributed by atoms with Gasteiger partial charge < -0.3 is 15.6 Å². The van der Waals surface area contributed by atoms with Gasteiger partial charge in [-0.25, -0.2) is 0 Å². The number of rotatable bonds is 3. The van der Waals surface area contributed by atoms with Gasteiger partial charge in [-0.1, -0.05) is 5.16 Å². The van der Waals surface area contributed by atoms with Gasteiger partial charge in [-0.2, -0.15) is 0 Å². The third-order valence-corrected chi connectivity index (χ3v) is 3.03. The number of nitrogens with two attached hydrogens (primary N) is 1. The van der Waals surface area contributed by atoms with Crippen LogP contribution in [0.3, 0.4) is 0 Å². The number of aryl methyl sites for hydroxylation is 1. The smallest absolute Gasteiger partial charge is 0.252 e. The molecule has 5 nitrogen and oxygen atoms in total. The molecule has 0 saturated heterocycles. The summed E-state index contributed by atoms with van der Waals surface area (Å²) < 4.78 is 5.61. The summed E-state index contributed by atoms with van der Waals surface area (Å²) in [7, 11) is 0. The Balaban J connectivity index is 2.05. The van der Waals surface area contributed by atoms with E-state index < -0.39 is 0 Å². The Morgan fingerprint density at radius 1 is 1.50 bits per heavy atom. The number of nitrogen functional groups attached to an aromatic ring is 1. The van der Waals surface area contributed by atoms with Gasteiger partial charge in [0.2, 0.25) is 0 Å². The lowest BCUT2D eigenvalue weighted by Gasteiger charge is -2.06. The highest BCUT2D eigenvalue weighted by molar-refractivity contribution is 9.10. The van der Waals surface area contributed by atoms with E-state index in [4.69, 9.17) is 10.3 Å². The van der Waals surface area contributed by atoms with Crippen LogP contribution in [0.1, 0.15) is 21.8 Å². The van der Waals surface area contributed by atoms with Crippen molar-refractivity contribution in [1.29, 1.82) is 0 Å². The van der Waals surface area contributed by atoms with E-state index in [0.717, 1.165) is 0 Å². The third kappa shape index (κ3) is 2.89. The molecule has 0 aliphatic rings. The molecule has 1 heterocycles. The molecule has 1 aromatic heterocycles. The van der Waals surface area contributed by atoms with Crippen LogP contribution in [0.4, 0.5) is 5.69 Å². The van der Waals surface area contributed by atoms with E-state index in [-0.39, 0.29) is 5.91 Å². The summed E-state index contributed by atoms with van der Waals surface area (Å²) in [6.45, 7) is 2.12. The predicted octanol–water partition coefficient (Wildman–Crippen LogP) is 2.26. The lowest BCUT2D eigenvalue weighted by Crippen LogP contribution is -2.23. The molecular weight excluding hydrogens is 298 g/mol. The summed E-state index contributed by atoms with van der Waals surface area (Å²) in [5, 5.41) is 6.54. The van der Waals surface area contributed by atoms with Gasteiger partial charge in [0.25, 0.3) is 5.91 Å². The minimum atomic E-state index is -0.213. The number of benzene rings is 1. The Kier molecular flexibility index (Phi) is 3.66. The van der Waals surface area contributed by atoms with E-state index in [1.807, 2.05) is 0 Å². The highest BCUT2D eigenvalue weighted by atomic mass is 79.9. The number of nitrogens with one attached hydrogen (secondary N) is 1. The van der Waals surface area contributed by atoms with Crippen molar-refractivity contribution >= 4 is 27.5 Å². The van der Waals surface area contributed by atoms with Gasteiger partial charge in [-0.15, -0.1) is 0 Å². The van der Waals surface area contributed by atoms with E-state index in [2.05, 4.69) is 26.4 Å². The van der Waals surface area contributed by atoms with Crippen molar-refractivity contribution in [3.63, 3.8) is 0 Å². The molecule has 18 heavy (non-hydrogen) atoms. The number of halogens is 1. The highest BCUT2D eigenvalue weighted by Gasteiger charge is 2.11. The topological polar surface area (TPSA) is 81.2 Å². The lowest BCUT2D eigenvalue weighted by molar-refractivity contribution is 0.0949. The van der Waals surface area contributed by atoms with Crippen LogP contribution in [-0.2, 0) is 6.54 Å². The summed E-state index contributed by atoms with van der Waals surface area (Å²) in [4.78, 5) is 11.9. The van der Waals surface area contributed by atoms with Crippen molar-refractivity contribution < 1.29 is 9.32 Å². The second-order valence-electron chi connectivity index (χ2n) is 3.85. The van der Waals surface area contributed by atoms with Crippen LogP contribution in [-0.4, -0.2) is 11.1 Å².